The standard InChI is InChI=1S/C14H19ClN4/c1-2-18(11-4-5-11)7-8-19-13-6-3-10(15)9-12(13)17-14(19)16/h3,6,9,11H,2,4-5,7-8H2,1H3,(H2,16,17). The van der Waals surface area contributed by atoms with Crippen molar-refractivity contribution in [1.29, 1.82) is 0 Å². The van der Waals surface area contributed by atoms with Crippen molar-refractivity contribution in [3.8, 4) is 0 Å². The second-order valence-electron chi connectivity index (χ2n) is 5.11. The van der Waals surface area contributed by atoms with Crippen molar-refractivity contribution in [2.75, 3.05) is 18.8 Å². The summed E-state index contributed by atoms with van der Waals surface area (Å²) in [4.78, 5) is 6.89. The van der Waals surface area contributed by atoms with Crippen LogP contribution < -0.4 is 5.73 Å². The highest BCUT2D eigenvalue weighted by atomic mass is 35.5. The molecule has 0 radical (unpaired) electrons. The van der Waals surface area contributed by atoms with Crippen molar-refractivity contribution in [3.05, 3.63) is 23.2 Å². The van der Waals surface area contributed by atoms with Crippen molar-refractivity contribution in [1.82, 2.24) is 14.5 Å². The lowest BCUT2D eigenvalue weighted by molar-refractivity contribution is 0.268. The lowest BCUT2D eigenvalue weighted by Crippen LogP contribution is -2.29. The van der Waals surface area contributed by atoms with Gasteiger partial charge in [0.05, 0.1) is 11.0 Å². The van der Waals surface area contributed by atoms with E-state index in [0.29, 0.717) is 11.0 Å². The minimum Gasteiger partial charge on any atom is -0.369 e. The molecule has 1 heterocycles. The fraction of sp³-hybridized carbons (Fsp3) is 0.500. The number of imidazole rings is 1. The van der Waals surface area contributed by atoms with E-state index in [4.69, 9.17) is 17.3 Å². The van der Waals surface area contributed by atoms with Crippen LogP contribution in [0, 0.1) is 0 Å². The molecular formula is C14H19ClN4. The zero-order valence-corrected chi connectivity index (χ0v) is 11.9. The first-order valence-corrected chi connectivity index (χ1v) is 7.22. The number of halogens is 1. The van der Waals surface area contributed by atoms with Crippen LogP contribution in [0.15, 0.2) is 18.2 Å². The van der Waals surface area contributed by atoms with Gasteiger partial charge in [-0.1, -0.05) is 18.5 Å². The van der Waals surface area contributed by atoms with E-state index in [9.17, 15) is 0 Å². The molecule has 0 saturated heterocycles. The van der Waals surface area contributed by atoms with E-state index in [2.05, 4.69) is 21.4 Å². The highest BCUT2D eigenvalue weighted by Gasteiger charge is 2.27. The van der Waals surface area contributed by atoms with Crippen molar-refractivity contribution in [2.45, 2.75) is 32.4 Å². The molecule has 1 aliphatic rings. The van der Waals surface area contributed by atoms with E-state index in [-0.39, 0.29) is 0 Å². The van der Waals surface area contributed by atoms with Crippen molar-refractivity contribution >= 4 is 28.6 Å². The maximum atomic E-state index is 6.01. The van der Waals surface area contributed by atoms with Gasteiger partial charge in [0.25, 0.3) is 0 Å². The number of benzene rings is 1. The van der Waals surface area contributed by atoms with E-state index >= 15 is 0 Å². The van der Waals surface area contributed by atoms with E-state index in [1.165, 1.54) is 12.8 Å². The SMILES string of the molecule is CCN(CCn1c(N)nc2cc(Cl)ccc21)C1CC1. The Balaban J connectivity index is 1.81. The number of hydrogen-bond acceptors (Lipinski definition) is 3. The molecule has 4 nitrogen and oxygen atoms in total. The number of nitrogen functional groups attached to an aromatic ring is 1. The Morgan fingerprint density at radius 3 is 2.95 bits per heavy atom. The third-order valence-corrected chi connectivity index (χ3v) is 4.06. The quantitative estimate of drug-likeness (QED) is 0.915. The second kappa shape index (κ2) is 5.02. The number of rotatable bonds is 5. The van der Waals surface area contributed by atoms with Gasteiger partial charge in [0, 0.05) is 24.2 Å². The van der Waals surface area contributed by atoms with E-state index in [0.717, 1.165) is 36.7 Å². The summed E-state index contributed by atoms with van der Waals surface area (Å²) >= 11 is 5.98. The lowest BCUT2D eigenvalue weighted by atomic mass is 10.3. The van der Waals surface area contributed by atoms with Gasteiger partial charge in [-0.15, -0.1) is 0 Å². The van der Waals surface area contributed by atoms with Gasteiger partial charge in [-0.2, -0.15) is 0 Å². The van der Waals surface area contributed by atoms with Crippen LogP contribution in [0.2, 0.25) is 5.02 Å². The first kappa shape index (κ1) is 12.8. The van der Waals surface area contributed by atoms with Crippen LogP contribution in [0.5, 0.6) is 0 Å². The number of fused-ring (bicyclic) bond motifs is 1. The van der Waals surface area contributed by atoms with Crippen molar-refractivity contribution in [3.63, 3.8) is 0 Å². The number of nitrogens with two attached hydrogens (primary N) is 1. The molecule has 1 aromatic heterocycles. The van der Waals surface area contributed by atoms with Gasteiger partial charge in [-0.05, 0) is 37.6 Å². The maximum Gasteiger partial charge on any atom is 0.201 e. The molecule has 1 saturated carbocycles. The fourth-order valence-corrected chi connectivity index (χ4v) is 2.79. The first-order valence-electron chi connectivity index (χ1n) is 6.84. The van der Waals surface area contributed by atoms with Gasteiger partial charge >= 0.3 is 0 Å². The largest absolute Gasteiger partial charge is 0.369 e. The molecule has 5 heteroatoms. The van der Waals surface area contributed by atoms with Gasteiger partial charge in [0.15, 0.2) is 0 Å². The predicted molar refractivity (Wildman–Crippen MR) is 79.4 cm³/mol. The summed E-state index contributed by atoms with van der Waals surface area (Å²) in [6.07, 6.45) is 2.67. The zero-order valence-electron chi connectivity index (χ0n) is 11.1. The molecule has 0 bridgehead atoms. The summed E-state index contributed by atoms with van der Waals surface area (Å²) < 4.78 is 2.08. The smallest absolute Gasteiger partial charge is 0.201 e. The highest BCUT2D eigenvalue weighted by Crippen LogP contribution is 2.27. The molecule has 1 aromatic carbocycles. The molecule has 1 fully saturated rings. The van der Waals surface area contributed by atoms with E-state index in [1.54, 1.807) is 0 Å². The third-order valence-electron chi connectivity index (χ3n) is 3.82. The molecule has 0 unspecified atom stereocenters. The number of likely N-dealkylation sites (N-methyl/N-ethyl adjacent to an activating group) is 1. The summed E-state index contributed by atoms with van der Waals surface area (Å²) in [7, 11) is 0. The molecule has 2 N–H and O–H groups in total. The van der Waals surface area contributed by atoms with Crippen LogP contribution in [0.4, 0.5) is 5.95 Å². The molecule has 0 amide bonds. The van der Waals surface area contributed by atoms with Gasteiger partial charge in [0.2, 0.25) is 5.95 Å². The van der Waals surface area contributed by atoms with Gasteiger partial charge in [-0.25, -0.2) is 4.98 Å². The average molecular weight is 279 g/mol. The summed E-state index contributed by atoms with van der Waals surface area (Å²) in [5, 5.41) is 0.699. The zero-order chi connectivity index (χ0) is 13.4. The Kier molecular flexibility index (Phi) is 3.37. The fourth-order valence-electron chi connectivity index (χ4n) is 2.62. The summed E-state index contributed by atoms with van der Waals surface area (Å²) in [6.45, 7) is 5.23. The van der Waals surface area contributed by atoms with Crippen LogP contribution in [0.1, 0.15) is 19.8 Å². The Morgan fingerprint density at radius 1 is 1.47 bits per heavy atom. The number of anilines is 1. The third kappa shape index (κ3) is 2.55. The highest BCUT2D eigenvalue weighted by molar-refractivity contribution is 6.31. The van der Waals surface area contributed by atoms with Crippen molar-refractivity contribution in [2.24, 2.45) is 0 Å². The van der Waals surface area contributed by atoms with Crippen LogP contribution in [-0.2, 0) is 6.54 Å². The van der Waals surface area contributed by atoms with Crippen molar-refractivity contribution < 1.29 is 0 Å². The minimum atomic E-state index is 0.573. The molecule has 2 aromatic rings. The molecule has 0 aliphatic heterocycles. The lowest BCUT2D eigenvalue weighted by Gasteiger charge is -2.20. The summed E-state index contributed by atoms with van der Waals surface area (Å²) in [5.74, 6) is 0.573. The monoisotopic (exact) mass is 278 g/mol. The Hall–Kier alpha value is -1.26. The summed E-state index contributed by atoms with van der Waals surface area (Å²) in [5.41, 5.74) is 7.95. The van der Waals surface area contributed by atoms with Crippen LogP contribution >= 0.6 is 11.6 Å². The van der Waals surface area contributed by atoms with Crippen LogP contribution in [0.3, 0.4) is 0 Å². The molecule has 0 spiro atoms. The molecular weight excluding hydrogens is 260 g/mol. The Morgan fingerprint density at radius 2 is 2.26 bits per heavy atom. The first-order chi connectivity index (χ1) is 9.19. The maximum absolute atomic E-state index is 6.01. The molecule has 1 aliphatic carbocycles. The Bertz CT molecular complexity index is 588. The molecule has 3 rings (SSSR count). The van der Waals surface area contributed by atoms with Crippen LogP contribution in [-0.4, -0.2) is 33.6 Å². The van der Waals surface area contributed by atoms with Crippen LogP contribution in [0.25, 0.3) is 11.0 Å². The topological polar surface area (TPSA) is 47.1 Å². The molecule has 102 valence electrons. The molecule has 19 heavy (non-hydrogen) atoms. The minimum absolute atomic E-state index is 0.573. The van der Waals surface area contributed by atoms with Gasteiger partial charge < -0.3 is 10.3 Å². The normalized spacial score (nSPS) is 15.5. The number of hydrogen-bond donors (Lipinski definition) is 1. The van der Waals surface area contributed by atoms with E-state index < -0.39 is 0 Å². The second-order valence-corrected chi connectivity index (χ2v) is 5.55. The summed E-state index contributed by atoms with van der Waals surface area (Å²) in [6, 6.07) is 6.53. The van der Waals surface area contributed by atoms with Gasteiger partial charge in [0.1, 0.15) is 0 Å². The molecule has 0 atom stereocenters. The predicted octanol–water partition coefficient (Wildman–Crippen LogP) is 2.76. The number of nitrogens with zero attached hydrogens (tertiary/aromatic N) is 3. The number of aromatic nitrogens is 2. The van der Waals surface area contributed by atoms with Gasteiger partial charge in [-0.3, -0.25) is 4.90 Å². The van der Waals surface area contributed by atoms with E-state index in [1.807, 2.05) is 18.2 Å². The average Bonchev–Trinajstić information content (AvgIpc) is 3.16. The Labute approximate surface area is 118 Å².